The van der Waals surface area contributed by atoms with Gasteiger partial charge in [0.05, 0.1) is 0 Å². The largest absolute Gasteiger partial charge is 0.342 e. The van der Waals surface area contributed by atoms with Crippen molar-refractivity contribution in [3.05, 3.63) is 0 Å². The van der Waals surface area contributed by atoms with E-state index < -0.39 is 5.54 Å². The lowest BCUT2D eigenvalue weighted by Gasteiger charge is -2.46. The highest BCUT2D eigenvalue weighted by Gasteiger charge is 2.53. The van der Waals surface area contributed by atoms with Crippen LogP contribution >= 0.6 is 0 Å². The van der Waals surface area contributed by atoms with Crippen molar-refractivity contribution >= 4 is 11.8 Å². The third-order valence-electron chi connectivity index (χ3n) is 4.17. The molecule has 1 saturated heterocycles. The molecule has 1 spiro atoms. The van der Waals surface area contributed by atoms with Gasteiger partial charge in [0.15, 0.2) is 0 Å². The Morgan fingerprint density at radius 2 is 1.94 bits per heavy atom. The zero-order valence-electron chi connectivity index (χ0n) is 11.0. The molecule has 0 radical (unpaired) electrons. The van der Waals surface area contributed by atoms with Crippen LogP contribution in [0.15, 0.2) is 0 Å². The quantitative estimate of drug-likeness (QED) is 0.788. The van der Waals surface area contributed by atoms with Gasteiger partial charge in [-0.1, -0.05) is 26.7 Å². The highest BCUT2D eigenvalue weighted by molar-refractivity contribution is 6.00. The molecule has 2 rings (SSSR count). The molecule has 1 saturated carbocycles. The van der Waals surface area contributed by atoms with Crippen LogP contribution in [0.4, 0.5) is 0 Å². The lowest BCUT2D eigenvalue weighted by molar-refractivity contribution is -0.158. The molecule has 1 aliphatic carbocycles. The van der Waals surface area contributed by atoms with Crippen molar-refractivity contribution in [3.63, 3.8) is 0 Å². The third-order valence-corrected chi connectivity index (χ3v) is 4.17. The molecule has 2 aliphatic rings. The molecule has 0 aromatic rings. The van der Waals surface area contributed by atoms with Gasteiger partial charge >= 0.3 is 0 Å². The van der Waals surface area contributed by atoms with Crippen molar-refractivity contribution in [2.45, 2.75) is 58.0 Å². The average molecular weight is 238 g/mol. The summed E-state index contributed by atoms with van der Waals surface area (Å²) in [7, 11) is 0. The number of nitrogens with zero attached hydrogens (tertiary/aromatic N) is 1. The van der Waals surface area contributed by atoms with E-state index in [9.17, 15) is 9.59 Å². The summed E-state index contributed by atoms with van der Waals surface area (Å²) in [5, 5.41) is 2.93. The highest BCUT2D eigenvalue weighted by Crippen LogP contribution is 2.38. The monoisotopic (exact) mass is 238 g/mol. The number of nitrogens with one attached hydrogen (secondary N) is 1. The Kier molecular flexibility index (Phi) is 3.15. The zero-order chi connectivity index (χ0) is 12.6. The lowest BCUT2D eigenvalue weighted by atomic mass is 9.87. The van der Waals surface area contributed by atoms with E-state index in [4.69, 9.17) is 0 Å². The molecule has 1 heterocycles. The van der Waals surface area contributed by atoms with Crippen molar-refractivity contribution in [2.24, 2.45) is 5.92 Å². The average Bonchev–Trinajstić information content (AvgIpc) is 2.74. The fraction of sp³-hybridized carbons (Fsp3) is 0.846. The van der Waals surface area contributed by atoms with Crippen LogP contribution in [0.5, 0.6) is 0 Å². The molecule has 0 bridgehead atoms. The number of rotatable bonds is 2. The molecular weight excluding hydrogens is 216 g/mol. The van der Waals surface area contributed by atoms with Crippen molar-refractivity contribution in [1.29, 1.82) is 0 Å². The molecule has 0 aromatic heterocycles. The lowest BCUT2D eigenvalue weighted by Crippen LogP contribution is -2.70. The number of amides is 2. The number of hydrogen-bond donors (Lipinski definition) is 1. The summed E-state index contributed by atoms with van der Waals surface area (Å²) in [5.41, 5.74) is -0.531. The Bertz CT molecular complexity index is 332. The molecule has 1 N–H and O–H groups in total. The molecule has 1 aliphatic heterocycles. The smallest absolute Gasteiger partial charge is 0.246 e. The minimum absolute atomic E-state index is 0.0650. The van der Waals surface area contributed by atoms with E-state index in [0.717, 1.165) is 25.7 Å². The summed E-state index contributed by atoms with van der Waals surface area (Å²) >= 11 is 0. The Morgan fingerprint density at radius 1 is 1.35 bits per heavy atom. The summed E-state index contributed by atoms with van der Waals surface area (Å²) in [6.45, 7) is 6.55. The maximum absolute atomic E-state index is 12.4. The molecule has 2 amide bonds. The van der Waals surface area contributed by atoms with E-state index in [1.165, 1.54) is 0 Å². The second-order valence-electron chi connectivity index (χ2n) is 5.52. The van der Waals surface area contributed by atoms with Gasteiger partial charge in [0.2, 0.25) is 11.8 Å². The van der Waals surface area contributed by atoms with E-state index in [1.54, 1.807) is 0 Å². The van der Waals surface area contributed by atoms with Crippen molar-refractivity contribution in [1.82, 2.24) is 10.2 Å². The van der Waals surface area contributed by atoms with Gasteiger partial charge in [0.25, 0.3) is 0 Å². The van der Waals surface area contributed by atoms with Gasteiger partial charge in [-0.25, -0.2) is 0 Å². The van der Waals surface area contributed by atoms with E-state index in [1.807, 2.05) is 25.7 Å². The Labute approximate surface area is 103 Å². The van der Waals surface area contributed by atoms with Gasteiger partial charge in [-0.2, -0.15) is 0 Å². The summed E-state index contributed by atoms with van der Waals surface area (Å²) in [4.78, 5) is 26.6. The van der Waals surface area contributed by atoms with E-state index in [-0.39, 0.29) is 23.8 Å². The maximum atomic E-state index is 12.4. The van der Waals surface area contributed by atoms with Crippen LogP contribution in [0, 0.1) is 5.92 Å². The van der Waals surface area contributed by atoms with Crippen LogP contribution in [0.3, 0.4) is 0 Å². The minimum Gasteiger partial charge on any atom is -0.342 e. The normalized spacial score (nSPS) is 28.0. The van der Waals surface area contributed by atoms with Crippen molar-refractivity contribution < 1.29 is 9.59 Å². The van der Waals surface area contributed by atoms with Gasteiger partial charge < -0.3 is 10.2 Å². The second-order valence-corrected chi connectivity index (χ2v) is 5.52. The molecular formula is C13H22N2O2. The molecule has 4 heteroatoms. The number of piperazine rings is 1. The first kappa shape index (κ1) is 12.4. The van der Waals surface area contributed by atoms with Crippen LogP contribution < -0.4 is 5.32 Å². The molecule has 1 atom stereocenters. The molecule has 17 heavy (non-hydrogen) atoms. The van der Waals surface area contributed by atoms with E-state index >= 15 is 0 Å². The van der Waals surface area contributed by atoms with Crippen LogP contribution in [0.2, 0.25) is 0 Å². The van der Waals surface area contributed by atoms with Gasteiger partial charge in [0.1, 0.15) is 11.6 Å². The van der Waals surface area contributed by atoms with Crippen molar-refractivity contribution in [3.8, 4) is 0 Å². The second kappa shape index (κ2) is 4.31. The van der Waals surface area contributed by atoms with Crippen LogP contribution in [-0.4, -0.2) is 34.8 Å². The van der Waals surface area contributed by atoms with Gasteiger partial charge in [-0.3, -0.25) is 9.59 Å². The van der Waals surface area contributed by atoms with E-state index in [0.29, 0.717) is 6.54 Å². The fourth-order valence-corrected chi connectivity index (χ4v) is 3.21. The summed E-state index contributed by atoms with van der Waals surface area (Å²) in [6, 6.07) is -0.339. The van der Waals surface area contributed by atoms with Gasteiger partial charge in [0, 0.05) is 6.54 Å². The van der Waals surface area contributed by atoms with E-state index in [2.05, 4.69) is 5.32 Å². The molecule has 1 unspecified atom stereocenters. The van der Waals surface area contributed by atoms with Crippen LogP contribution in [0.1, 0.15) is 46.5 Å². The summed E-state index contributed by atoms with van der Waals surface area (Å²) < 4.78 is 0. The van der Waals surface area contributed by atoms with Gasteiger partial charge in [-0.05, 0) is 25.7 Å². The first-order valence-corrected chi connectivity index (χ1v) is 6.65. The third kappa shape index (κ3) is 1.74. The van der Waals surface area contributed by atoms with Gasteiger partial charge in [-0.15, -0.1) is 0 Å². The molecule has 4 nitrogen and oxygen atoms in total. The predicted octanol–water partition coefficient (Wildman–Crippen LogP) is 1.30. The number of hydrogen-bond acceptors (Lipinski definition) is 2. The molecule has 96 valence electrons. The number of likely N-dealkylation sites (N-methyl/N-ethyl adjacent to an activating group) is 1. The van der Waals surface area contributed by atoms with Crippen LogP contribution in [-0.2, 0) is 9.59 Å². The Morgan fingerprint density at radius 3 is 2.41 bits per heavy atom. The minimum atomic E-state index is -0.531. The maximum Gasteiger partial charge on any atom is 0.246 e. The summed E-state index contributed by atoms with van der Waals surface area (Å²) in [5.74, 6) is 0.318. The standard InChI is InChI=1S/C13H22N2O2/c1-4-15-11(16)10(9(2)3)14-12(17)13(15)7-5-6-8-13/h9-10H,4-8H2,1-3H3,(H,14,17). The highest BCUT2D eigenvalue weighted by atomic mass is 16.2. The zero-order valence-corrected chi connectivity index (χ0v) is 11.0. The topological polar surface area (TPSA) is 49.4 Å². The molecule has 0 aromatic carbocycles. The fourth-order valence-electron chi connectivity index (χ4n) is 3.21. The Balaban J connectivity index is 2.32. The SMILES string of the molecule is CCN1C(=O)C(C(C)C)NC(=O)C12CCCC2. The first-order valence-electron chi connectivity index (χ1n) is 6.65. The number of carbonyl (C=O) groups is 2. The Hall–Kier alpha value is -1.06. The first-order chi connectivity index (χ1) is 8.03. The predicted molar refractivity (Wildman–Crippen MR) is 65.4 cm³/mol. The van der Waals surface area contributed by atoms with Crippen molar-refractivity contribution in [2.75, 3.05) is 6.54 Å². The van der Waals surface area contributed by atoms with Crippen LogP contribution in [0.25, 0.3) is 0 Å². The summed E-state index contributed by atoms with van der Waals surface area (Å²) in [6.07, 6.45) is 3.74. The molecule has 2 fully saturated rings. The number of carbonyl (C=O) groups excluding carboxylic acids is 2.